The van der Waals surface area contributed by atoms with Crippen LogP contribution in [0.1, 0.15) is 36.0 Å². The highest BCUT2D eigenvalue weighted by atomic mass is 16.6. The van der Waals surface area contributed by atoms with Crippen LogP contribution in [0.4, 0.5) is 11.4 Å². The number of nitrogens with zero attached hydrogens (tertiary/aromatic N) is 2. The number of hydrogen-bond donors (Lipinski definition) is 2. The Morgan fingerprint density at radius 1 is 1.30 bits per heavy atom. The van der Waals surface area contributed by atoms with Gasteiger partial charge in [0.2, 0.25) is 0 Å². The van der Waals surface area contributed by atoms with Crippen LogP contribution in [-0.4, -0.2) is 45.4 Å². The fourth-order valence-corrected chi connectivity index (χ4v) is 2.45. The fraction of sp³-hybridized carbons (Fsp3) is 0.467. The van der Waals surface area contributed by atoms with E-state index >= 15 is 0 Å². The van der Waals surface area contributed by atoms with Crippen molar-refractivity contribution < 1.29 is 19.6 Å². The molecule has 0 radical (unpaired) electrons. The van der Waals surface area contributed by atoms with Crippen LogP contribution in [0.5, 0.6) is 0 Å². The number of aliphatic carboxylic acids is 1. The lowest BCUT2D eigenvalue weighted by Gasteiger charge is -2.20. The minimum Gasteiger partial charge on any atom is -0.480 e. The summed E-state index contributed by atoms with van der Waals surface area (Å²) in [6.07, 6.45) is 3.49. The summed E-state index contributed by atoms with van der Waals surface area (Å²) in [5.41, 5.74) is 0.380. The largest absolute Gasteiger partial charge is 0.480 e. The van der Waals surface area contributed by atoms with E-state index in [1.807, 2.05) is 0 Å². The quantitative estimate of drug-likeness (QED) is 0.586. The first-order valence-electron chi connectivity index (χ1n) is 7.53. The van der Waals surface area contributed by atoms with Gasteiger partial charge in [-0.25, -0.2) is 0 Å². The Bertz CT molecular complexity index is 667. The van der Waals surface area contributed by atoms with E-state index in [2.05, 4.69) is 5.32 Å². The molecule has 2 fully saturated rings. The van der Waals surface area contributed by atoms with Gasteiger partial charge in [-0.15, -0.1) is 0 Å². The van der Waals surface area contributed by atoms with E-state index in [0.717, 1.165) is 25.7 Å². The van der Waals surface area contributed by atoms with Crippen molar-refractivity contribution in [1.82, 2.24) is 4.90 Å². The second kappa shape index (κ2) is 5.86. The maximum absolute atomic E-state index is 12.5. The molecule has 0 spiro atoms. The minimum absolute atomic E-state index is 0.0816. The van der Waals surface area contributed by atoms with Gasteiger partial charge in [0.1, 0.15) is 12.2 Å². The Hall–Kier alpha value is -2.64. The summed E-state index contributed by atoms with van der Waals surface area (Å²) in [6, 6.07) is 4.43. The minimum atomic E-state index is -1.09. The van der Waals surface area contributed by atoms with E-state index in [1.165, 1.54) is 23.1 Å². The van der Waals surface area contributed by atoms with Gasteiger partial charge in [0.15, 0.2) is 0 Å². The number of carboxylic acid groups (broad SMARTS) is 1. The molecule has 3 rings (SSSR count). The van der Waals surface area contributed by atoms with Gasteiger partial charge in [0, 0.05) is 23.7 Å². The summed E-state index contributed by atoms with van der Waals surface area (Å²) < 4.78 is 0. The predicted octanol–water partition coefficient (Wildman–Crippen LogP) is 1.86. The monoisotopic (exact) mass is 319 g/mol. The van der Waals surface area contributed by atoms with Crippen molar-refractivity contribution in [2.75, 3.05) is 11.9 Å². The molecule has 0 saturated heterocycles. The lowest BCUT2D eigenvalue weighted by atomic mass is 10.1. The van der Waals surface area contributed by atoms with Crippen LogP contribution in [-0.2, 0) is 4.79 Å². The van der Waals surface area contributed by atoms with Crippen molar-refractivity contribution in [1.29, 1.82) is 0 Å². The standard InChI is InChI=1S/C15H17N3O5/c19-14(20)8-17(11-4-5-11)15(21)9-1-6-12(16-10-2-3-10)13(7-9)18(22)23/h1,6-7,10-11,16H,2-5,8H2,(H,19,20). The molecule has 0 unspecified atom stereocenters. The van der Waals surface area contributed by atoms with E-state index in [9.17, 15) is 19.7 Å². The highest BCUT2D eigenvalue weighted by Gasteiger charge is 2.35. The van der Waals surface area contributed by atoms with Gasteiger partial charge >= 0.3 is 5.97 Å². The van der Waals surface area contributed by atoms with Crippen LogP contribution < -0.4 is 5.32 Å². The van der Waals surface area contributed by atoms with Gasteiger partial charge in [-0.2, -0.15) is 0 Å². The first-order chi connectivity index (χ1) is 11.0. The van der Waals surface area contributed by atoms with E-state index in [0.29, 0.717) is 5.69 Å². The maximum Gasteiger partial charge on any atom is 0.323 e. The molecule has 1 amide bonds. The number of nitro benzene ring substituents is 1. The van der Waals surface area contributed by atoms with Crippen molar-refractivity contribution in [3.05, 3.63) is 33.9 Å². The van der Waals surface area contributed by atoms with Crippen LogP contribution in [0, 0.1) is 10.1 Å². The highest BCUT2D eigenvalue weighted by Crippen LogP contribution is 2.33. The van der Waals surface area contributed by atoms with Crippen molar-refractivity contribution in [2.24, 2.45) is 0 Å². The third-order valence-corrected chi connectivity index (χ3v) is 3.93. The van der Waals surface area contributed by atoms with Crippen LogP contribution in [0.15, 0.2) is 18.2 Å². The summed E-state index contributed by atoms with van der Waals surface area (Å²) in [5, 5.41) is 23.2. The number of hydrogen-bond acceptors (Lipinski definition) is 5. The SMILES string of the molecule is O=C(O)CN(C(=O)c1ccc(NC2CC2)c([N+](=O)[O-])c1)C1CC1. The first-order valence-corrected chi connectivity index (χ1v) is 7.53. The molecular formula is C15H17N3O5. The molecule has 2 saturated carbocycles. The zero-order valence-corrected chi connectivity index (χ0v) is 12.4. The number of rotatable bonds is 7. The number of benzene rings is 1. The van der Waals surface area contributed by atoms with Crippen molar-refractivity contribution in [3.63, 3.8) is 0 Å². The smallest absolute Gasteiger partial charge is 0.323 e. The number of carboxylic acids is 1. The number of nitro groups is 1. The van der Waals surface area contributed by atoms with E-state index in [4.69, 9.17) is 5.11 Å². The maximum atomic E-state index is 12.5. The van der Waals surface area contributed by atoms with Crippen LogP contribution in [0.2, 0.25) is 0 Å². The van der Waals surface area contributed by atoms with E-state index in [1.54, 1.807) is 0 Å². The lowest BCUT2D eigenvalue weighted by Crippen LogP contribution is -2.37. The Labute approximate surface area is 132 Å². The molecule has 23 heavy (non-hydrogen) atoms. The average Bonchev–Trinajstić information content (AvgIpc) is 3.37. The molecule has 1 aromatic rings. The zero-order chi connectivity index (χ0) is 16.6. The zero-order valence-electron chi connectivity index (χ0n) is 12.4. The molecule has 0 aliphatic heterocycles. The molecule has 0 atom stereocenters. The van der Waals surface area contributed by atoms with Crippen molar-refractivity contribution in [2.45, 2.75) is 37.8 Å². The molecule has 1 aromatic carbocycles. The third-order valence-electron chi connectivity index (χ3n) is 3.93. The van der Waals surface area contributed by atoms with Gasteiger partial charge in [0.05, 0.1) is 4.92 Å². The molecule has 0 heterocycles. The number of amides is 1. The molecule has 2 aliphatic rings. The van der Waals surface area contributed by atoms with Crippen molar-refractivity contribution >= 4 is 23.3 Å². The highest BCUT2D eigenvalue weighted by molar-refractivity contribution is 5.97. The van der Waals surface area contributed by atoms with Crippen molar-refractivity contribution in [3.8, 4) is 0 Å². The van der Waals surface area contributed by atoms with Crippen LogP contribution >= 0.6 is 0 Å². The number of carbonyl (C=O) groups excluding carboxylic acids is 1. The molecular weight excluding hydrogens is 302 g/mol. The summed E-state index contributed by atoms with van der Waals surface area (Å²) >= 11 is 0. The molecule has 0 aromatic heterocycles. The topological polar surface area (TPSA) is 113 Å². The molecule has 8 heteroatoms. The summed E-state index contributed by atoms with van der Waals surface area (Å²) in [4.78, 5) is 35.4. The van der Waals surface area contributed by atoms with Gasteiger partial charge in [-0.05, 0) is 37.8 Å². The Morgan fingerprint density at radius 2 is 2.00 bits per heavy atom. The number of anilines is 1. The normalized spacial score (nSPS) is 16.7. The molecule has 8 nitrogen and oxygen atoms in total. The summed E-state index contributed by atoms with van der Waals surface area (Å²) in [6.45, 7) is -0.390. The Morgan fingerprint density at radius 3 is 2.52 bits per heavy atom. The average molecular weight is 319 g/mol. The number of carbonyl (C=O) groups is 2. The molecule has 2 N–H and O–H groups in total. The predicted molar refractivity (Wildman–Crippen MR) is 81.4 cm³/mol. The lowest BCUT2D eigenvalue weighted by molar-refractivity contribution is -0.384. The first kappa shape index (κ1) is 15.3. The van der Waals surface area contributed by atoms with E-state index < -0.39 is 16.8 Å². The second-order valence-corrected chi connectivity index (χ2v) is 5.97. The van der Waals surface area contributed by atoms with E-state index in [-0.39, 0.29) is 29.9 Å². The molecule has 122 valence electrons. The van der Waals surface area contributed by atoms with Gasteiger partial charge < -0.3 is 15.3 Å². The van der Waals surface area contributed by atoms with Gasteiger partial charge in [-0.1, -0.05) is 0 Å². The second-order valence-electron chi connectivity index (χ2n) is 5.97. The molecule has 2 aliphatic carbocycles. The number of nitrogens with one attached hydrogen (secondary N) is 1. The molecule has 0 bridgehead atoms. The van der Waals surface area contributed by atoms with Gasteiger partial charge in [-0.3, -0.25) is 19.7 Å². The Balaban J connectivity index is 1.85. The third kappa shape index (κ3) is 3.58. The summed E-state index contributed by atoms with van der Waals surface area (Å²) in [5.74, 6) is -1.57. The van der Waals surface area contributed by atoms with Crippen LogP contribution in [0.25, 0.3) is 0 Å². The van der Waals surface area contributed by atoms with Gasteiger partial charge in [0.25, 0.3) is 11.6 Å². The van der Waals surface area contributed by atoms with Crippen LogP contribution in [0.3, 0.4) is 0 Å². The summed E-state index contributed by atoms with van der Waals surface area (Å²) in [7, 11) is 0. The fourth-order valence-electron chi connectivity index (χ4n) is 2.45. The Kier molecular flexibility index (Phi) is 3.89.